The number of hydrogen-bond donors (Lipinski definition) is 1. The molecule has 1 atom stereocenters. The molecule has 0 aliphatic heterocycles. The molecule has 45 heavy (non-hydrogen) atoms. The minimum atomic E-state index is -4.34. The fourth-order valence-corrected chi connectivity index (χ4v) is 6.75. The number of nitrogens with zero attached hydrogens (tertiary/aromatic N) is 2. The number of anilines is 1. The number of sulfonamides is 1. The van der Waals surface area contributed by atoms with Crippen molar-refractivity contribution in [1.82, 2.24) is 10.2 Å². The molecule has 1 unspecified atom stereocenters. The van der Waals surface area contributed by atoms with Crippen molar-refractivity contribution in [1.29, 1.82) is 0 Å². The van der Waals surface area contributed by atoms with Crippen molar-refractivity contribution in [2.24, 2.45) is 0 Å². The van der Waals surface area contributed by atoms with Crippen LogP contribution in [0.3, 0.4) is 0 Å². The maximum absolute atomic E-state index is 14.4. The first-order chi connectivity index (χ1) is 21.6. The highest BCUT2D eigenvalue weighted by atomic mass is 35.5. The summed E-state index contributed by atoms with van der Waals surface area (Å²) in [7, 11) is -0.0243. The van der Waals surface area contributed by atoms with Crippen LogP contribution in [-0.2, 0) is 32.6 Å². The molecule has 4 rings (SSSR count). The highest BCUT2D eigenvalue weighted by Crippen LogP contribution is 2.33. The van der Waals surface area contributed by atoms with Gasteiger partial charge in [-0.25, -0.2) is 8.42 Å². The largest absolute Gasteiger partial charge is 0.493 e. The molecular formula is C33H33Cl2N3O6S. The van der Waals surface area contributed by atoms with Crippen molar-refractivity contribution < 1.29 is 27.5 Å². The van der Waals surface area contributed by atoms with Crippen molar-refractivity contribution in [2.75, 3.05) is 32.1 Å². The van der Waals surface area contributed by atoms with Crippen LogP contribution in [0.15, 0.2) is 102 Å². The first-order valence-electron chi connectivity index (χ1n) is 13.9. The Morgan fingerprint density at radius 2 is 1.42 bits per heavy atom. The van der Waals surface area contributed by atoms with Crippen LogP contribution < -0.4 is 19.1 Å². The van der Waals surface area contributed by atoms with Crippen LogP contribution >= 0.6 is 23.2 Å². The van der Waals surface area contributed by atoms with Gasteiger partial charge in [0.25, 0.3) is 10.0 Å². The molecule has 4 aromatic rings. The van der Waals surface area contributed by atoms with E-state index in [1.54, 1.807) is 48.5 Å². The van der Waals surface area contributed by atoms with E-state index in [1.807, 2.05) is 30.3 Å². The normalized spacial score (nSPS) is 11.8. The first-order valence-corrected chi connectivity index (χ1v) is 16.1. The SMILES string of the molecule is CNC(=O)C(Cc1ccccc1)N(Cc1c(Cl)cccc1Cl)C(=O)CN(c1ccccc1)S(=O)(=O)c1ccc(OC)c(OC)c1. The lowest BCUT2D eigenvalue weighted by Crippen LogP contribution is -2.53. The fourth-order valence-electron chi connectivity index (χ4n) is 4.80. The molecule has 0 heterocycles. The molecule has 12 heteroatoms. The van der Waals surface area contributed by atoms with Gasteiger partial charge in [-0.05, 0) is 42.0 Å². The van der Waals surface area contributed by atoms with Crippen LogP contribution in [0.25, 0.3) is 0 Å². The lowest BCUT2D eigenvalue weighted by Gasteiger charge is -2.34. The van der Waals surface area contributed by atoms with Crippen molar-refractivity contribution in [2.45, 2.75) is 23.9 Å². The average Bonchev–Trinajstić information content (AvgIpc) is 3.06. The minimum absolute atomic E-state index is 0.121. The average molecular weight is 671 g/mol. The molecule has 0 fully saturated rings. The highest BCUT2D eigenvalue weighted by molar-refractivity contribution is 7.92. The van der Waals surface area contributed by atoms with Gasteiger partial charge in [0.1, 0.15) is 12.6 Å². The molecule has 0 radical (unpaired) electrons. The van der Waals surface area contributed by atoms with E-state index in [9.17, 15) is 18.0 Å². The van der Waals surface area contributed by atoms with Crippen LogP contribution in [0.4, 0.5) is 5.69 Å². The number of benzene rings is 4. The molecule has 0 aliphatic rings. The Kier molecular flexibility index (Phi) is 11.3. The molecule has 9 nitrogen and oxygen atoms in total. The number of nitrogens with one attached hydrogen (secondary N) is 1. The third kappa shape index (κ3) is 7.89. The number of ether oxygens (including phenoxy) is 2. The lowest BCUT2D eigenvalue weighted by molar-refractivity contribution is -0.139. The van der Waals surface area contributed by atoms with Crippen LogP contribution in [-0.4, -0.2) is 59.0 Å². The second kappa shape index (κ2) is 15.2. The molecule has 1 N–H and O–H groups in total. The van der Waals surface area contributed by atoms with E-state index in [0.717, 1.165) is 9.87 Å². The summed E-state index contributed by atoms with van der Waals surface area (Å²) in [4.78, 5) is 29.0. The summed E-state index contributed by atoms with van der Waals surface area (Å²) in [6.07, 6.45) is 0.155. The molecule has 0 spiro atoms. The summed E-state index contributed by atoms with van der Waals surface area (Å²) in [5, 5.41) is 3.24. The van der Waals surface area contributed by atoms with Gasteiger partial charge >= 0.3 is 0 Å². The van der Waals surface area contributed by atoms with Crippen molar-refractivity contribution in [3.05, 3.63) is 118 Å². The first kappa shape index (κ1) is 33.6. The van der Waals surface area contributed by atoms with Gasteiger partial charge in [-0.1, -0.05) is 77.8 Å². The van der Waals surface area contributed by atoms with E-state index in [-0.39, 0.29) is 29.3 Å². The molecule has 0 saturated heterocycles. The maximum Gasteiger partial charge on any atom is 0.264 e. The highest BCUT2D eigenvalue weighted by Gasteiger charge is 2.35. The Balaban J connectivity index is 1.82. The molecule has 2 amide bonds. The molecule has 4 aromatic carbocycles. The molecule has 0 saturated carbocycles. The zero-order valence-electron chi connectivity index (χ0n) is 24.9. The number of likely N-dealkylation sites (N-methyl/N-ethyl adjacent to an activating group) is 1. The third-order valence-electron chi connectivity index (χ3n) is 7.17. The molecule has 0 aromatic heterocycles. The Hall–Kier alpha value is -4.25. The van der Waals surface area contributed by atoms with Crippen molar-refractivity contribution in [3.63, 3.8) is 0 Å². The van der Waals surface area contributed by atoms with Gasteiger partial charge in [-0.15, -0.1) is 0 Å². The van der Waals surface area contributed by atoms with Crippen molar-refractivity contribution >= 4 is 50.7 Å². The fraction of sp³-hybridized carbons (Fsp3) is 0.212. The molecule has 236 valence electrons. The summed E-state index contributed by atoms with van der Waals surface area (Å²) in [5.41, 5.74) is 1.47. The number of carbonyl (C=O) groups excluding carboxylic acids is 2. The van der Waals surface area contributed by atoms with E-state index in [4.69, 9.17) is 32.7 Å². The Bertz CT molecular complexity index is 1720. The number of carbonyl (C=O) groups is 2. The van der Waals surface area contributed by atoms with E-state index >= 15 is 0 Å². The standard InChI is InChI=1S/C33H33Cl2N3O6S/c1-36-33(40)29(19-23-11-6-4-7-12-23)37(21-26-27(34)15-10-16-28(26)35)32(39)22-38(24-13-8-5-9-14-24)45(41,42)25-17-18-30(43-2)31(20-25)44-3/h4-18,20,29H,19,21-22H2,1-3H3,(H,36,40). The number of rotatable bonds is 13. The number of halogens is 2. The lowest BCUT2D eigenvalue weighted by atomic mass is 10.0. The van der Waals surface area contributed by atoms with Gasteiger partial charge in [-0.3, -0.25) is 13.9 Å². The predicted molar refractivity (Wildman–Crippen MR) is 176 cm³/mol. The summed E-state index contributed by atoms with van der Waals surface area (Å²) in [6.45, 7) is -0.785. The van der Waals surface area contributed by atoms with Gasteiger partial charge in [0.15, 0.2) is 11.5 Å². The number of methoxy groups -OCH3 is 2. The van der Waals surface area contributed by atoms with Gasteiger partial charge < -0.3 is 19.7 Å². The Morgan fingerprint density at radius 3 is 2.00 bits per heavy atom. The van der Waals surface area contributed by atoms with Gasteiger partial charge in [0.05, 0.1) is 24.8 Å². The maximum atomic E-state index is 14.4. The number of hydrogen-bond acceptors (Lipinski definition) is 6. The van der Waals surface area contributed by atoms with Gasteiger partial charge in [0, 0.05) is 41.7 Å². The number of para-hydroxylation sites is 1. The minimum Gasteiger partial charge on any atom is -0.493 e. The molecular weight excluding hydrogens is 637 g/mol. The van der Waals surface area contributed by atoms with Crippen LogP contribution in [0.1, 0.15) is 11.1 Å². The quantitative estimate of drug-likeness (QED) is 0.199. The molecule has 0 bridgehead atoms. The third-order valence-corrected chi connectivity index (χ3v) is 9.65. The topological polar surface area (TPSA) is 105 Å². The van der Waals surface area contributed by atoms with Gasteiger partial charge in [0.2, 0.25) is 11.8 Å². The van der Waals surface area contributed by atoms with E-state index in [1.165, 1.54) is 44.4 Å². The predicted octanol–water partition coefficient (Wildman–Crippen LogP) is 5.59. The smallest absolute Gasteiger partial charge is 0.264 e. The van der Waals surface area contributed by atoms with Crippen LogP contribution in [0, 0.1) is 0 Å². The Labute approximate surface area is 273 Å². The summed E-state index contributed by atoms with van der Waals surface area (Å²) >= 11 is 13.0. The zero-order chi connectivity index (χ0) is 32.6. The summed E-state index contributed by atoms with van der Waals surface area (Å²) < 4.78 is 40.0. The number of amides is 2. The van der Waals surface area contributed by atoms with Crippen LogP contribution in [0.5, 0.6) is 11.5 Å². The Morgan fingerprint density at radius 1 is 0.822 bits per heavy atom. The monoisotopic (exact) mass is 669 g/mol. The second-order valence-electron chi connectivity index (χ2n) is 9.91. The molecule has 0 aliphatic carbocycles. The van der Waals surface area contributed by atoms with Crippen molar-refractivity contribution in [3.8, 4) is 11.5 Å². The zero-order valence-corrected chi connectivity index (χ0v) is 27.3. The second-order valence-corrected chi connectivity index (χ2v) is 12.6. The van der Waals surface area contributed by atoms with Crippen LogP contribution in [0.2, 0.25) is 10.0 Å². The summed E-state index contributed by atoms with van der Waals surface area (Å²) in [5.74, 6) is -0.542. The van der Waals surface area contributed by atoms with E-state index in [0.29, 0.717) is 21.4 Å². The van der Waals surface area contributed by atoms with E-state index in [2.05, 4.69) is 5.32 Å². The van der Waals surface area contributed by atoms with Gasteiger partial charge in [-0.2, -0.15) is 0 Å². The summed E-state index contributed by atoms with van der Waals surface area (Å²) in [6, 6.07) is 25.5. The van der Waals surface area contributed by atoms with E-state index < -0.39 is 34.4 Å².